The number of aromatic nitrogens is 3. The Labute approximate surface area is 116 Å². The molecule has 4 nitrogen and oxygen atoms in total. The molecule has 3 rings (SSSR count). The Hall–Kier alpha value is -1.88. The van der Waals surface area contributed by atoms with Crippen LogP contribution in [0.15, 0.2) is 24.3 Å². The van der Waals surface area contributed by atoms with E-state index in [4.69, 9.17) is 0 Å². The smallest absolute Gasteiger partial charge is 0.180 e. The van der Waals surface area contributed by atoms with Crippen LogP contribution in [-0.4, -0.2) is 29.0 Å². The van der Waals surface area contributed by atoms with Crippen LogP contribution in [-0.2, 0) is 6.42 Å². The van der Waals surface area contributed by atoms with E-state index < -0.39 is 0 Å². The van der Waals surface area contributed by atoms with Crippen molar-refractivity contribution in [3.8, 4) is 10.7 Å². The number of hydrogen-bond acceptors (Lipinski definition) is 4. The van der Waals surface area contributed by atoms with Gasteiger partial charge in [0.2, 0.25) is 0 Å². The highest BCUT2D eigenvalue weighted by atomic mass is 32.1. The second kappa shape index (κ2) is 4.66. The average Bonchev–Trinajstić information content (AvgIpc) is 3.03. The minimum atomic E-state index is 0.771. The maximum absolute atomic E-state index is 4.59. The van der Waals surface area contributed by atoms with Crippen LogP contribution in [0.4, 0.5) is 5.82 Å². The normalized spacial score (nSPS) is 11.1. The molecule has 0 atom stereocenters. The zero-order valence-electron chi connectivity index (χ0n) is 11.3. The number of pyridine rings is 1. The fourth-order valence-electron chi connectivity index (χ4n) is 1.94. The Morgan fingerprint density at radius 1 is 1.16 bits per heavy atom. The molecule has 0 spiro atoms. The number of nitrogens with one attached hydrogen (secondary N) is 1. The number of hydrogen-bond donors (Lipinski definition) is 1. The fraction of sp³-hybridized carbons (Fsp3) is 0.286. The van der Waals surface area contributed by atoms with Crippen molar-refractivity contribution >= 4 is 28.3 Å². The van der Waals surface area contributed by atoms with Crippen molar-refractivity contribution in [1.29, 1.82) is 0 Å². The number of aromatic amines is 1. The number of fused-ring (bicyclic) bond motifs is 1. The first-order valence-electron chi connectivity index (χ1n) is 6.30. The molecule has 0 bridgehead atoms. The van der Waals surface area contributed by atoms with E-state index in [-0.39, 0.29) is 0 Å². The highest BCUT2D eigenvalue weighted by Crippen LogP contribution is 2.28. The third kappa shape index (κ3) is 2.21. The molecule has 3 heterocycles. The molecule has 0 fully saturated rings. The average molecular weight is 272 g/mol. The van der Waals surface area contributed by atoms with Gasteiger partial charge in [0.15, 0.2) is 11.5 Å². The molecule has 5 heteroatoms. The summed E-state index contributed by atoms with van der Waals surface area (Å²) in [6.07, 6.45) is 1.06. The highest BCUT2D eigenvalue weighted by Gasteiger charge is 2.09. The van der Waals surface area contributed by atoms with Crippen molar-refractivity contribution in [3.63, 3.8) is 0 Å². The summed E-state index contributed by atoms with van der Waals surface area (Å²) < 4.78 is 0. The van der Waals surface area contributed by atoms with E-state index in [0.717, 1.165) is 29.2 Å². The van der Waals surface area contributed by atoms with Crippen LogP contribution >= 0.6 is 11.3 Å². The lowest BCUT2D eigenvalue weighted by molar-refractivity contribution is 1.08. The lowest BCUT2D eigenvalue weighted by Crippen LogP contribution is -2.10. The number of anilines is 1. The van der Waals surface area contributed by atoms with Gasteiger partial charge in [-0.25, -0.2) is 9.97 Å². The van der Waals surface area contributed by atoms with Gasteiger partial charge >= 0.3 is 0 Å². The van der Waals surface area contributed by atoms with Crippen molar-refractivity contribution in [2.24, 2.45) is 0 Å². The van der Waals surface area contributed by atoms with E-state index in [0.29, 0.717) is 0 Å². The van der Waals surface area contributed by atoms with Gasteiger partial charge in [0, 0.05) is 19.0 Å². The molecule has 0 aromatic carbocycles. The Balaban J connectivity index is 2.05. The van der Waals surface area contributed by atoms with Crippen molar-refractivity contribution < 1.29 is 0 Å². The number of thiophene rings is 1. The zero-order valence-corrected chi connectivity index (χ0v) is 12.1. The summed E-state index contributed by atoms with van der Waals surface area (Å²) in [5, 5.41) is 0. The van der Waals surface area contributed by atoms with Crippen LogP contribution < -0.4 is 4.90 Å². The van der Waals surface area contributed by atoms with Crippen molar-refractivity contribution in [3.05, 3.63) is 29.1 Å². The molecular formula is C14H16N4S. The molecule has 19 heavy (non-hydrogen) atoms. The number of aryl methyl sites for hydroxylation is 1. The molecule has 0 saturated heterocycles. The quantitative estimate of drug-likeness (QED) is 0.795. The summed E-state index contributed by atoms with van der Waals surface area (Å²) in [5.74, 6) is 1.83. The van der Waals surface area contributed by atoms with Gasteiger partial charge in [-0.1, -0.05) is 6.92 Å². The lowest BCUT2D eigenvalue weighted by Gasteiger charge is -2.09. The molecule has 0 aliphatic heterocycles. The second-order valence-electron chi connectivity index (χ2n) is 4.64. The molecular weight excluding hydrogens is 256 g/mol. The van der Waals surface area contributed by atoms with E-state index in [1.807, 2.05) is 31.1 Å². The van der Waals surface area contributed by atoms with Crippen LogP contribution in [0.25, 0.3) is 21.9 Å². The maximum atomic E-state index is 4.59. The number of H-pyrrole nitrogens is 1. The van der Waals surface area contributed by atoms with E-state index in [2.05, 4.69) is 34.0 Å². The number of imidazole rings is 1. The highest BCUT2D eigenvalue weighted by molar-refractivity contribution is 7.15. The predicted molar refractivity (Wildman–Crippen MR) is 80.9 cm³/mol. The summed E-state index contributed by atoms with van der Waals surface area (Å²) in [5.41, 5.74) is 1.75. The second-order valence-corrected chi connectivity index (χ2v) is 5.81. The monoisotopic (exact) mass is 272 g/mol. The molecule has 0 radical (unpaired) electrons. The van der Waals surface area contributed by atoms with Gasteiger partial charge in [-0.05, 0) is 30.7 Å². The topological polar surface area (TPSA) is 44.8 Å². The van der Waals surface area contributed by atoms with Gasteiger partial charge in [-0.2, -0.15) is 0 Å². The molecule has 0 saturated carbocycles. The summed E-state index contributed by atoms with van der Waals surface area (Å²) in [6.45, 7) is 2.17. The van der Waals surface area contributed by atoms with Crippen LogP contribution in [0.1, 0.15) is 11.8 Å². The summed E-state index contributed by atoms with van der Waals surface area (Å²) >= 11 is 1.78. The van der Waals surface area contributed by atoms with E-state index in [1.165, 1.54) is 9.75 Å². The largest absolute Gasteiger partial charge is 0.363 e. The molecule has 3 aromatic heterocycles. The first-order chi connectivity index (χ1) is 9.17. The van der Waals surface area contributed by atoms with Crippen LogP contribution in [0.3, 0.4) is 0 Å². The van der Waals surface area contributed by atoms with Crippen LogP contribution in [0, 0.1) is 0 Å². The van der Waals surface area contributed by atoms with Gasteiger partial charge in [-0.3, -0.25) is 0 Å². The molecule has 0 aliphatic carbocycles. The van der Waals surface area contributed by atoms with Gasteiger partial charge in [0.25, 0.3) is 0 Å². The Morgan fingerprint density at radius 3 is 2.68 bits per heavy atom. The Bertz CT molecular complexity index is 711. The first kappa shape index (κ1) is 12.2. The summed E-state index contributed by atoms with van der Waals surface area (Å²) in [7, 11) is 3.96. The van der Waals surface area contributed by atoms with Gasteiger partial charge in [0.05, 0.1) is 10.4 Å². The molecule has 3 aromatic rings. The van der Waals surface area contributed by atoms with E-state index in [1.54, 1.807) is 11.3 Å². The minimum Gasteiger partial charge on any atom is -0.363 e. The van der Waals surface area contributed by atoms with Crippen LogP contribution in [0.2, 0.25) is 0 Å². The fourth-order valence-corrected chi connectivity index (χ4v) is 2.84. The van der Waals surface area contributed by atoms with E-state index in [9.17, 15) is 0 Å². The molecule has 0 unspecified atom stereocenters. The molecule has 1 N–H and O–H groups in total. The van der Waals surface area contributed by atoms with Crippen LogP contribution in [0.5, 0.6) is 0 Å². The predicted octanol–water partition coefficient (Wildman–Crippen LogP) is 3.31. The molecule has 0 aliphatic rings. The van der Waals surface area contributed by atoms with Crippen molar-refractivity contribution in [2.45, 2.75) is 13.3 Å². The SMILES string of the molecule is CCc1ccc(-c2nc3nc(N(C)C)ccc3[nH]2)s1. The number of nitrogens with zero attached hydrogens (tertiary/aromatic N) is 3. The zero-order chi connectivity index (χ0) is 13.4. The van der Waals surface area contributed by atoms with Crippen molar-refractivity contribution in [1.82, 2.24) is 15.0 Å². The van der Waals surface area contributed by atoms with E-state index >= 15 is 0 Å². The first-order valence-corrected chi connectivity index (χ1v) is 7.12. The van der Waals surface area contributed by atoms with Gasteiger partial charge in [0.1, 0.15) is 5.82 Å². The lowest BCUT2D eigenvalue weighted by atomic mass is 10.3. The number of rotatable bonds is 3. The van der Waals surface area contributed by atoms with Gasteiger partial charge in [-0.15, -0.1) is 11.3 Å². The molecule has 98 valence electrons. The summed E-state index contributed by atoms with van der Waals surface area (Å²) in [6, 6.07) is 8.30. The summed E-state index contributed by atoms with van der Waals surface area (Å²) in [4.78, 5) is 17.0. The Kier molecular flexibility index (Phi) is 2.98. The maximum Gasteiger partial charge on any atom is 0.180 e. The third-order valence-electron chi connectivity index (χ3n) is 3.03. The Morgan fingerprint density at radius 2 is 2.00 bits per heavy atom. The molecule has 0 amide bonds. The van der Waals surface area contributed by atoms with Gasteiger partial charge < -0.3 is 9.88 Å². The van der Waals surface area contributed by atoms with Crippen molar-refractivity contribution in [2.75, 3.05) is 19.0 Å². The minimum absolute atomic E-state index is 0.771. The standard InChI is InChI=1S/C14H16N4S/c1-4-9-5-7-11(19-9)14-15-10-6-8-12(18(2)3)16-13(10)17-14/h5-8H,4H2,1-3H3,(H,15,16,17). The third-order valence-corrected chi connectivity index (χ3v) is 4.27.